The van der Waals surface area contributed by atoms with E-state index in [1.54, 1.807) is 25.1 Å². The van der Waals surface area contributed by atoms with Crippen LogP contribution in [0, 0.1) is 5.82 Å². The SMILES string of the molecule is CCCCOC(=O)C1=C(C)Nc2nnnn2C1c1ccccc1F. The van der Waals surface area contributed by atoms with Crippen LogP contribution in [0.25, 0.3) is 0 Å². The number of esters is 1. The van der Waals surface area contributed by atoms with E-state index in [1.807, 2.05) is 6.92 Å². The molecule has 1 aliphatic heterocycles. The van der Waals surface area contributed by atoms with E-state index in [0.29, 0.717) is 29.4 Å². The van der Waals surface area contributed by atoms with Crippen LogP contribution < -0.4 is 5.32 Å². The highest BCUT2D eigenvalue weighted by Crippen LogP contribution is 2.35. The number of allylic oxidation sites excluding steroid dienone is 1. The zero-order valence-corrected chi connectivity index (χ0v) is 13.5. The maximum Gasteiger partial charge on any atom is 0.338 e. The first-order valence-electron chi connectivity index (χ1n) is 7.80. The number of tetrazole rings is 1. The van der Waals surface area contributed by atoms with Gasteiger partial charge in [-0.05, 0) is 29.8 Å². The molecule has 7 nitrogen and oxygen atoms in total. The van der Waals surface area contributed by atoms with E-state index in [4.69, 9.17) is 4.74 Å². The first kappa shape index (κ1) is 16.1. The summed E-state index contributed by atoms with van der Waals surface area (Å²) in [6, 6.07) is 5.49. The smallest absolute Gasteiger partial charge is 0.338 e. The second-order valence-corrected chi connectivity index (χ2v) is 5.52. The van der Waals surface area contributed by atoms with Crippen molar-refractivity contribution in [2.75, 3.05) is 11.9 Å². The number of nitrogens with one attached hydrogen (secondary N) is 1. The molecule has 0 amide bonds. The maximum absolute atomic E-state index is 14.4. The van der Waals surface area contributed by atoms with Crippen molar-refractivity contribution in [1.29, 1.82) is 0 Å². The molecule has 0 saturated heterocycles. The molecule has 2 aromatic rings. The van der Waals surface area contributed by atoms with Crippen LogP contribution in [0.15, 0.2) is 35.5 Å². The van der Waals surface area contributed by atoms with Gasteiger partial charge >= 0.3 is 5.97 Å². The molecular weight excluding hydrogens is 313 g/mol. The van der Waals surface area contributed by atoms with Crippen LogP contribution in [-0.2, 0) is 9.53 Å². The standard InChI is InChI=1S/C16H18FN5O2/c1-3-4-9-24-15(23)13-10(2)18-16-19-20-21-22(16)14(13)11-7-5-6-8-12(11)17/h5-8,14H,3-4,9H2,1-2H3,(H,18,19,21). The second kappa shape index (κ2) is 6.77. The van der Waals surface area contributed by atoms with Crippen molar-refractivity contribution in [1.82, 2.24) is 20.2 Å². The minimum absolute atomic E-state index is 0.302. The molecule has 1 aliphatic rings. The monoisotopic (exact) mass is 331 g/mol. The number of hydrogen-bond acceptors (Lipinski definition) is 6. The molecule has 0 fully saturated rings. The van der Waals surface area contributed by atoms with Gasteiger partial charge in [0.05, 0.1) is 12.2 Å². The van der Waals surface area contributed by atoms with Gasteiger partial charge in [0.25, 0.3) is 0 Å². The van der Waals surface area contributed by atoms with Gasteiger partial charge in [-0.2, -0.15) is 4.68 Å². The van der Waals surface area contributed by atoms with Crippen molar-refractivity contribution in [3.8, 4) is 0 Å². The Labute approximate surface area is 138 Å². The molecule has 1 N–H and O–H groups in total. The van der Waals surface area contributed by atoms with Crippen molar-refractivity contribution in [2.24, 2.45) is 0 Å². The van der Waals surface area contributed by atoms with E-state index in [-0.39, 0.29) is 0 Å². The van der Waals surface area contributed by atoms with Crippen LogP contribution in [-0.4, -0.2) is 32.8 Å². The van der Waals surface area contributed by atoms with Crippen molar-refractivity contribution in [3.05, 3.63) is 46.9 Å². The second-order valence-electron chi connectivity index (χ2n) is 5.52. The van der Waals surface area contributed by atoms with Gasteiger partial charge in [-0.15, -0.1) is 0 Å². The molecule has 0 spiro atoms. The van der Waals surface area contributed by atoms with Gasteiger partial charge in [0.2, 0.25) is 5.95 Å². The highest BCUT2D eigenvalue weighted by molar-refractivity contribution is 5.92. The zero-order chi connectivity index (χ0) is 17.1. The number of carbonyl (C=O) groups excluding carboxylic acids is 1. The van der Waals surface area contributed by atoms with Gasteiger partial charge in [0.15, 0.2) is 0 Å². The molecule has 1 aromatic heterocycles. The summed E-state index contributed by atoms with van der Waals surface area (Å²) in [5, 5.41) is 14.3. The molecule has 0 aliphatic carbocycles. The predicted molar refractivity (Wildman–Crippen MR) is 84.5 cm³/mol. The fraction of sp³-hybridized carbons (Fsp3) is 0.375. The zero-order valence-electron chi connectivity index (χ0n) is 13.5. The van der Waals surface area contributed by atoms with E-state index in [1.165, 1.54) is 10.7 Å². The van der Waals surface area contributed by atoms with Crippen LogP contribution in [0.2, 0.25) is 0 Å². The minimum atomic E-state index is -0.772. The largest absolute Gasteiger partial charge is 0.462 e. The number of carbonyl (C=O) groups is 1. The predicted octanol–water partition coefficient (Wildman–Crippen LogP) is 2.44. The number of halogens is 1. The molecule has 1 atom stereocenters. The molecular formula is C16H18FN5O2. The van der Waals surface area contributed by atoms with Gasteiger partial charge in [-0.1, -0.05) is 36.6 Å². The summed E-state index contributed by atoms with van der Waals surface area (Å²) in [6.45, 7) is 4.05. The average Bonchev–Trinajstić information content (AvgIpc) is 3.02. The number of aromatic nitrogens is 4. The van der Waals surface area contributed by atoms with Gasteiger partial charge in [0.1, 0.15) is 11.9 Å². The summed E-state index contributed by atoms with van der Waals surface area (Å²) < 4.78 is 21.1. The molecule has 0 radical (unpaired) electrons. The average molecular weight is 331 g/mol. The Hall–Kier alpha value is -2.77. The highest BCUT2D eigenvalue weighted by atomic mass is 19.1. The Balaban J connectivity index is 2.04. The Morgan fingerprint density at radius 1 is 1.42 bits per heavy atom. The third kappa shape index (κ3) is 2.86. The van der Waals surface area contributed by atoms with Crippen molar-refractivity contribution < 1.29 is 13.9 Å². The minimum Gasteiger partial charge on any atom is -0.462 e. The molecule has 3 rings (SSSR count). The van der Waals surface area contributed by atoms with E-state index >= 15 is 0 Å². The number of unbranched alkanes of at least 4 members (excludes halogenated alkanes) is 1. The normalized spacial score (nSPS) is 16.5. The van der Waals surface area contributed by atoms with Crippen molar-refractivity contribution in [3.63, 3.8) is 0 Å². The van der Waals surface area contributed by atoms with Gasteiger partial charge < -0.3 is 10.1 Å². The number of fused-ring (bicyclic) bond motifs is 1. The summed E-state index contributed by atoms with van der Waals surface area (Å²) in [5.74, 6) is -0.578. The van der Waals surface area contributed by atoms with Crippen molar-refractivity contribution in [2.45, 2.75) is 32.7 Å². The van der Waals surface area contributed by atoms with Gasteiger partial charge in [-0.25, -0.2) is 9.18 Å². The van der Waals surface area contributed by atoms with Gasteiger partial charge in [-0.3, -0.25) is 0 Å². The Bertz CT molecular complexity index is 786. The lowest BCUT2D eigenvalue weighted by molar-refractivity contribution is -0.139. The molecule has 0 saturated carbocycles. The number of nitrogens with zero attached hydrogens (tertiary/aromatic N) is 4. The molecule has 126 valence electrons. The lowest BCUT2D eigenvalue weighted by atomic mass is 9.95. The summed E-state index contributed by atoms with van der Waals surface area (Å²) in [7, 11) is 0. The van der Waals surface area contributed by atoms with Crippen molar-refractivity contribution >= 4 is 11.9 Å². The number of hydrogen-bond donors (Lipinski definition) is 1. The molecule has 1 unspecified atom stereocenters. The summed E-state index contributed by atoms with van der Waals surface area (Å²) >= 11 is 0. The first-order chi connectivity index (χ1) is 11.6. The molecule has 24 heavy (non-hydrogen) atoms. The van der Waals surface area contributed by atoms with E-state index in [0.717, 1.165) is 12.8 Å². The van der Waals surface area contributed by atoms with E-state index in [2.05, 4.69) is 20.8 Å². The molecule has 1 aromatic carbocycles. The fourth-order valence-corrected chi connectivity index (χ4v) is 2.65. The Morgan fingerprint density at radius 2 is 2.21 bits per heavy atom. The summed E-state index contributed by atoms with van der Waals surface area (Å²) in [6.07, 6.45) is 1.68. The summed E-state index contributed by atoms with van der Waals surface area (Å²) in [4.78, 5) is 12.6. The van der Waals surface area contributed by atoms with Crippen LogP contribution in [0.1, 0.15) is 38.3 Å². The molecule has 2 heterocycles. The van der Waals surface area contributed by atoms with Crippen LogP contribution in [0.5, 0.6) is 0 Å². The van der Waals surface area contributed by atoms with Gasteiger partial charge in [0, 0.05) is 11.3 Å². The van der Waals surface area contributed by atoms with E-state index in [9.17, 15) is 9.18 Å². The first-order valence-corrected chi connectivity index (χ1v) is 7.80. The number of benzene rings is 1. The fourth-order valence-electron chi connectivity index (χ4n) is 2.65. The number of anilines is 1. The lowest BCUT2D eigenvalue weighted by Gasteiger charge is -2.27. The van der Waals surface area contributed by atoms with Crippen LogP contribution in [0.3, 0.4) is 0 Å². The maximum atomic E-state index is 14.4. The quantitative estimate of drug-likeness (QED) is 0.669. The Kier molecular flexibility index (Phi) is 4.54. The summed E-state index contributed by atoms with van der Waals surface area (Å²) in [5.41, 5.74) is 1.16. The van der Waals surface area contributed by atoms with Crippen LogP contribution in [0.4, 0.5) is 10.3 Å². The number of rotatable bonds is 5. The van der Waals surface area contributed by atoms with E-state index < -0.39 is 17.8 Å². The Morgan fingerprint density at radius 3 is 2.96 bits per heavy atom. The number of ether oxygens (including phenoxy) is 1. The molecule has 0 bridgehead atoms. The molecule has 8 heteroatoms. The van der Waals surface area contributed by atoms with Crippen LogP contribution >= 0.6 is 0 Å². The lowest BCUT2D eigenvalue weighted by Crippen LogP contribution is -2.30. The third-order valence-corrected chi connectivity index (χ3v) is 3.86. The topological polar surface area (TPSA) is 81.9 Å². The highest BCUT2D eigenvalue weighted by Gasteiger charge is 2.36. The third-order valence-electron chi connectivity index (χ3n) is 3.86.